The van der Waals surface area contributed by atoms with E-state index in [1.807, 2.05) is 18.2 Å². The van der Waals surface area contributed by atoms with Gasteiger partial charge in [-0.3, -0.25) is 4.72 Å². The van der Waals surface area contributed by atoms with Crippen LogP contribution in [0.15, 0.2) is 29.4 Å². The highest BCUT2D eigenvalue weighted by atomic mass is 32.2. The van der Waals surface area contributed by atoms with Crippen molar-refractivity contribution < 1.29 is 8.95 Å². The van der Waals surface area contributed by atoms with Gasteiger partial charge in [-0.15, -0.1) is 0 Å². The summed E-state index contributed by atoms with van der Waals surface area (Å²) in [4.78, 5) is 4.63. The number of anilines is 1. The summed E-state index contributed by atoms with van der Waals surface area (Å²) in [6.45, 7) is 0.729. The molecule has 5 nitrogen and oxygen atoms in total. The van der Waals surface area contributed by atoms with E-state index >= 15 is 0 Å². The van der Waals surface area contributed by atoms with E-state index in [0.717, 1.165) is 25.2 Å². The maximum Gasteiger partial charge on any atom is 0.214 e. The molecule has 0 fully saturated rings. The average molecular weight is 281 g/mol. The van der Waals surface area contributed by atoms with Crippen molar-refractivity contribution in [1.82, 2.24) is 9.36 Å². The molecule has 1 N–H and O–H groups in total. The van der Waals surface area contributed by atoms with E-state index in [9.17, 15) is 4.21 Å². The smallest absolute Gasteiger partial charge is 0.214 e. The van der Waals surface area contributed by atoms with Crippen LogP contribution >= 0.6 is 11.5 Å². The van der Waals surface area contributed by atoms with Crippen molar-refractivity contribution in [1.29, 1.82) is 0 Å². The maximum absolute atomic E-state index is 12.1. The number of fused-ring (bicyclic) bond motifs is 1. The summed E-state index contributed by atoms with van der Waals surface area (Å²) in [5.74, 6) is 0.839. The van der Waals surface area contributed by atoms with Crippen LogP contribution in [0.3, 0.4) is 0 Å². The minimum absolute atomic E-state index is 0.548. The van der Waals surface area contributed by atoms with E-state index in [-0.39, 0.29) is 0 Å². The van der Waals surface area contributed by atoms with Gasteiger partial charge in [-0.1, -0.05) is 6.07 Å². The van der Waals surface area contributed by atoms with E-state index in [1.54, 1.807) is 0 Å². The molecule has 0 amide bonds. The lowest BCUT2D eigenvalue weighted by molar-refractivity contribution is 0.287. The molecule has 1 aromatic carbocycles. The van der Waals surface area contributed by atoms with Crippen LogP contribution in [0.25, 0.3) is 0 Å². The highest BCUT2D eigenvalue weighted by molar-refractivity contribution is 7.86. The zero-order valence-electron chi connectivity index (χ0n) is 9.46. The molecule has 1 unspecified atom stereocenters. The highest BCUT2D eigenvalue weighted by Crippen LogP contribution is 2.27. The van der Waals surface area contributed by atoms with Gasteiger partial charge < -0.3 is 4.74 Å². The second-order valence-corrected chi connectivity index (χ2v) is 5.83. The van der Waals surface area contributed by atoms with Gasteiger partial charge in [-0.25, -0.2) is 9.19 Å². The zero-order chi connectivity index (χ0) is 12.4. The molecule has 3 rings (SSSR count). The summed E-state index contributed by atoms with van der Waals surface area (Å²) >= 11 is 1.18. The van der Waals surface area contributed by atoms with Crippen molar-refractivity contribution in [2.45, 2.75) is 17.7 Å². The molecule has 0 saturated heterocycles. The summed E-state index contributed by atoms with van der Waals surface area (Å²) in [5, 5.41) is 0.548. The van der Waals surface area contributed by atoms with E-state index < -0.39 is 11.0 Å². The largest absolute Gasteiger partial charge is 0.493 e. The summed E-state index contributed by atoms with van der Waals surface area (Å²) < 4.78 is 24.3. The van der Waals surface area contributed by atoms with Gasteiger partial charge in [0.05, 0.1) is 11.5 Å². The normalized spacial score (nSPS) is 15.6. The average Bonchev–Trinajstić information content (AvgIpc) is 2.91. The lowest BCUT2D eigenvalue weighted by Crippen LogP contribution is -2.10. The Morgan fingerprint density at radius 3 is 3.22 bits per heavy atom. The molecule has 1 atom stereocenters. The zero-order valence-corrected chi connectivity index (χ0v) is 11.1. The monoisotopic (exact) mass is 281 g/mol. The third kappa shape index (κ3) is 2.37. The quantitative estimate of drug-likeness (QED) is 0.934. The first-order chi connectivity index (χ1) is 8.83. The first-order valence-corrected chi connectivity index (χ1v) is 7.46. The molecule has 1 aromatic heterocycles. The van der Waals surface area contributed by atoms with Crippen LogP contribution in [0, 0.1) is 0 Å². The van der Waals surface area contributed by atoms with Crippen LogP contribution in [0.5, 0.6) is 5.75 Å². The van der Waals surface area contributed by atoms with Gasteiger partial charge in [0, 0.05) is 11.5 Å². The van der Waals surface area contributed by atoms with Crippen LogP contribution in [0.2, 0.25) is 0 Å². The molecule has 0 saturated carbocycles. The molecule has 1 aliphatic rings. The maximum atomic E-state index is 12.1. The topological polar surface area (TPSA) is 64.1 Å². The van der Waals surface area contributed by atoms with Crippen molar-refractivity contribution in [3.63, 3.8) is 0 Å². The second-order valence-electron chi connectivity index (χ2n) is 3.84. The van der Waals surface area contributed by atoms with Crippen molar-refractivity contribution >= 4 is 27.6 Å². The van der Waals surface area contributed by atoms with Crippen LogP contribution in [-0.2, 0) is 17.4 Å². The molecule has 18 heavy (non-hydrogen) atoms. The molecule has 7 heteroatoms. The third-order valence-electron chi connectivity index (χ3n) is 2.64. The number of nitrogens with zero attached hydrogens (tertiary/aromatic N) is 2. The van der Waals surface area contributed by atoms with Crippen LogP contribution < -0.4 is 9.46 Å². The Balaban J connectivity index is 1.81. The fourth-order valence-electron chi connectivity index (χ4n) is 1.79. The summed E-state index contributed by atoms with van der Waals surface area (Å²) in [6.07, 6.45) is 3.49. The van der Waals surface area contributed by atoms with Gasteiger partial charge in [0.15, 0.2) is 11.0 Å². The summed E-state index contributed by atoms with van der Waals surface area (Å²) in [7, 11) is -1.33. The number of hydrogen-bond donors (Lipinski definition) is 1. The van der Waals surface area contributed by atoms with Gasteiger partial charge in [-0.05, 0) is 30.5 Å². The lowest BCUT2D eigenvalue weighted by atomic mass is 10.1. The SMILES string of the molecule is O=S(Nc1ncns1)c1ccc2c(c1)OCCC2. The van der Waals surface area contributed by atoms with E-state index in [4.69, 9.17) is 4.74 Å². The van der Waals surface area contributed by atoms with Gasteiger partial charge in [0.25, 0.3) is 0 Å². The summed E-state index contributed by atoms with van der Waals surface area (Å²) in [6, 6.07) is 5.67. The molecule has 94 valence electrons. The number of hydrogen-bond acceptors (Lipinski definition) is 5. The van der Waals surface area contributed by atoms with Gasteiger partial charge >= 0.3 is 0 Å². The van der Waals surface area contributed by atoms with Crippen molar-refractivity contribution in [2.75, 3.05) is 11.3 Å². The van der Waals surface area contributed by atoms with Crippen molar-refractivity contribution in [2.24, 2.45) is 0 Å². The van der Waals surface area contributed by atoms with Gasteiger partial charge in [0.1, 0.15) is 12.1 Å². The predicted octanol–water partition coefficient (Wildman–Crippen LogP) is 2.00. The second kappa shape index (κ2) is 5.03. The number of nitrogens with one attached hydrogen (secondary N) is 1. The Hall–Kier alpha value is -1.47. The van der Waals surface area contributed by atoms with E-state index in [0.29, 0.717) is 10.0 Å². The molecule has 0 radical (unpaired) electrons. The molecular weight excluding hydrogens is 270 g/mol. The van der Waals surface area contributed by atoms with Crippen LogP contribution in [0.1, 0.15) is 12.0 Å². The molecule has 2 heterocycles. The fourth-order valence-corrected chi connectivity index (χ4v) is 3.19. The molecule has 2 aromatic rings. The molecule has 0 aliphatic carbocycles. The number of benzene rings is 1. The summed E-state index contributed by atoms with van der Waals surface area (Å²) in [5.41, 5.74) is 1.18. The Morgan fingerprint density at radius 1 is 1.44 bits per heavy atom. The Morgan fingerprint density at radius 2 is 2.39 bits per heavy atom. The Kier molecular flexibility index (Phi) is 3.24. The van der Waals surface area contributed by atoms with Crippen LogP contribution in [-0.4, -0.2) is 20.2 Å². The number of rotatable bonds is 3. The molecule has 1 aliphatic heterocycles. The number of aromatic nitrogens is 2. The van der Waals surface area contributed by atoms with Gasteiger partial charge in [-0.2, -0.15) is 4.37 Å². The number of ether oxygens (including phenoxy) is 1. The highest BCUT2D eigenvalue weighted by Gasteiger charge is 2.13. The minimum Gasteiger partial charge on any atom is -0.493 e. The first kappa shape index (κ1) is 11.6. The van der Waals surface area contributed by atoms with Gasteiger partial charge in [0.2, 0.25) is 5.13 Å². The van der Waals surface area contributed by atoms with Crippen molar-refractivity contribution in [3.05, 3.63) is 30.1 Å². The Labute approximate surface area is 111 Å². The lowest BCUT2D eigenvalue weighted by Gasteiger charge is -2.17. The van der Waals surface area contributed by atoms with E-state index in [1.165, 1.54) is 23.4 Å². The predicted molar refractivity (Wildman–Crippen MR) is 70.2 cm³/mol. The van der Waals surface area contributed by atoms with Crippen molar-refractivity contribution in [3.8, 4) is 5.75 Å². The Bertz CT molecular complexity index is 572. The molecule has 0 spiro atoms. The minimum atomic E-state index is -1.33. The van der Waals surface area contributed by atoms with Crippen LogP contribution in [0.4, 0.5) is 5.13 Å². The first-order valence-electron chi connectivity index (χ1n) is 5.54. The third-order valence-corrected chi connectivity index (χ3v) is 4.41. The fraction of sp³-hybridized carbons (Fsp3) is 0.273. The van der Waals surface area contributed by atoms with E-state index in [2.05, 4.69) is 14.1 Å². The molecule has 0 bridgehead atoms. The standard InChI is InChI=1S/C11H11N3O2S2/c15-18(14-11-12-7-13-17-11)9-4-3-8-2-1-5-16-10(8)6-9/h3-4,6-7H,1-2,5H2,(H,12,13,14). The number of aryl methyl sites for hydroxylation is 1. The molecular formula is C11H11N3O2S2.